The number of piperidine rings is 4. The van der Waals surface area contributed by atoms with Crippen LogP contribution in [-0.2, 0) is 24.6 Å². The lowest BCUT2D eigenvalue weighted by Crippen LogP contribution is -2.58. The summed E-state index contributed by atoms with van der Waals surface area (Å²) < 4.78 is 17.1. The number of benzene rings is 2. The standard InChI is InChI=1S/C57H67FN12O5/c1-36(2)69-35-60-48-33-47(62-52(51(48)69)61-46-12-20-59-34-45(46)58)39-6-11-44-49(30-39)70(43-31-42(32-43)64-21-4-3-5-22-64)55(74)57(44)18-28-67(29-19-57)54(73)38-15-25-66(26-16-38)53(72)37-13-23-65(24-14-37)40-7-9-41(10-8-40)68-27-17-50(71)63-56(68)75/h6-12,20,30,33-38,42-43H,3-5,13-19,21-29,31-32H2,1-2H3,(H,59,61,62)(H,63,71,75). The van der Waals surface area contributed by atoms with Gasteiger partial charge in [0.15, 0.2) is 11.6 Å². The molecule has 7 aliphatic rings. The lowest BCUT2D eigenvalue weighted by Gasteiger charge is -2.48. The maximum Gasteiger partial charge on any atom is 0.328 e. The molecule has 5 aromatic rings. The van der Waals surface area contributed by atoms with E-state index in [1.54, 1.807) is 23.5 Å². The molecule has 9 heterocycles. The molecular weight excluding hydrogens is 952 g/mol. The van der Waals surface area contributed by atoms with Crippen LogP contribution in [0.4, 0.5) is 37.8 Å². The van der Waals surface area contributed by atoms with Crippen LogP contribution in [0.2, 0.25) is 0 Å². The summed E-state index contributed by atoms with van der Waals surface area (Å²) in [7, 11) is 0. The Kier molecular flexibility index (Phi) is 13.0. The lowest BCUT2D eigenvalue weighted by atomic mass is 9.73. The van der Waals surface area contributed by atoms with E-state index < -0.39 is 17.3 Å². The monoisotopic (exact) mass is 1020 g/mol. The Morgan fingerprint density at radius 2 is 1.45 bits per heavy atom. The smallest absolute Gasteiger partial charge is 0.328 e. The van der Waals surface area contributed by atoms with E-state index in [4.69, 9.17) is 9.97 Å². The fraction of sp³-hybridized carbons (Fsp3) is 0.509. The first-order chi connectivity index (χ1) is 36.4. The fourth-order valence-corrected chi connectivity index (χ4v) is 13.2. The van der Waals surface area contributed by atoms with Crippen LogP contribution in [0.3, 0.4) is 0 Å². The van der Waals surface area contributed by atoms with Crippen LogP contribution in [0.5, 0.6) is 0 Å². The molecule has 0 radical (unpaired) electrons. The number of hydrogen-bond donors (Lipinski definition) is 2. The largest absolute Gasteiger partial charge is 0.371 e. The van der Waals surface area contributed by atoms with Crippen LogP contribution in [0.1, 0.15) is 103 Å². The van der Waals surface area contributed by atoms with Gasteiger partial charge in [0.2, 0.25) is 23.6 Å². The summed E-state index contributed by atoms with van der Waals surface area (Å²) in [6.07, 6.45) is 14.2. The Labute approximate surface area is 436 Å². The second-order valence-corrected chi connectivity index (χ2v) is 22.3. The zero-order valence-corrected chi connectivity index (χ0v) is 43.1. The predicted octanol–water partition coefficient (Wildman–Crippen LogP) is 7.78. The number of nitrogens with one attached hydrogen (secondary N) is 2. The molecule has 75 heavy (non-hydrogen) atoms. The molecule has 6 amide bonds. The molecule has 18 heteroatoms. The molecule has 0 unspecified atom stereocenters. The number of amides is 6. The number of hydrogen-bond acceptors (Lipinski definition) is 11. The summed E-state index contributed by atoms with van der Waals surface area (Å²) in [5, 5.41) is 5.62. The van der Waals surface area contributed by atoms with Gasteiger partial charge in [-0.3, -0.25) is 34.4 Å². The van der Waals surface area contributed by atoms with Crippen LogP contribution >= 0.6 is 0 Å². The van der Waals surface area contributed by atoms with E-state index in [-0.39, 0.29) is 59.7 Å². The van der Waals surface area contributed by atoms with Crippen LogP contribution in [0, 0.1) is 17.7 Å². The predicted molar refractivity (Wildman–Crippen MR) is 284 cm³/mol. The quantitative estimate of drug-likeness (QED) is 0.140. The molecule has 0 atom stereocenters. The first kappa shape index (κ1) is 49.0. The topological polar surface area (TPSA) is 172 Å². The number of nitrogens with zero attached hydrogens (tertiary/aromatic N) is 10. The van der Waals surface area contributed by atoms with Gasteiger partial charge in [-0.25, -0.2) is 19.2 Å². The Hall–Kier alpha value is -6.95. The van der Waals surface area contributed by atoms with Gasteiger partial charge in [0.25, 0.3) is 0 Å². The number of pyridine rings is 2. The van der Waals surface area contributed by atoms with Crippen molar-refractivity contribution in [1.82, 2.24) is 39.5 Å². The second kappa shape index (κ2) is 20.0. The highest BCUT2D eigenvalue weighted by Crippen LogP contribution is 2.52. The van der Waals surface area contributed by atoms with Gasteiger partial charge in [0.1, 0.15) is 5.52 Å². The first-order valence-electron chi connectivity index (χ1n) is 27.4. The SMILES string of the molecule is CC(C)n1cnc2cc(-c3ccc4c(c3)N(C3CC(N5CCCCC5)C3)C(=O)C43CCN(C(=O)C4CCN(C(=O)C5CCN(c6ccc(N7CCC(=O)NC7=O)cc6)CC5)CC4)CC3)nc(Nc3ccncc3F)c21. The molecule has 17 nitrogen and oxygen atoms in total. The maximum absolute atomic E-state index is 15.3. The second-order valence-electron chi connectivity index (χ2n) is 22.3. The van der Waals surface area contributed by atoms with E-state index >= 15 is 9.18 Å². The number of urea groups is 1. The summed E-state index contributed by atoms with van der Waals surface area (Å²) in [5.74, 6) is -0.0521. The van der Waals surface area contributed by atoms with Gasteiger partial charge in [-0.2, -0.15) is 0 Å². The fourth-order valence-electron chi connectivity index (χ4n) is 13.2. The van der Waals surface area contributed by atoms with Gasteiger partial charge in [-0.1, -0.05) is 18.6 Å². The zero-order valence-electron chi connectivity index (χ0n) is 43.1. The van der Waals surface area contributed by atoms with Gasteiger partial charge < -0.3 is 34.4 Å². The van der Waals surface area contributed by atoms with E-state index in [0.29, 0.717) is 76.0 Å². The number of anilines is 5. The Morgan fingerprint density at radius 1 is 0.773 bits per heavy atom. The van der Waals surface area contributed by atoms with E-state index in [1.807, 2.05) is 44.7 Å². The normalized spacial score (nSPS) is 22.8. The molecule has 12 rings (SSSR count). The third-order valence-electron chi connectivity index (χ3n) is 17.7. The average molecular weight is 1020 g/mol. The molecule has 0 bridgehead atoms. The first-order valence-corrected chi connectivity index (χ1v) is 27.4. The third-order valence-corrected chi connectivity index (χ3v) is 17.7. The van der Waals surface area contributed by atoms with Gasteiger partial charge in [0.05, 0.1) is 34.8 Å². The van der Waals surface area contributed by atoms with E-state index in [2.05, 4.69) is 62.4 Å². The van der Waals surface area contributed by atoms with E-state index in [0.717, 1.165) is 91.1 Å². The van der Waals surface area contributed by atoms with Crippen LogP contribution < -0.4 is 25.3 Å². The van der Waals surface area contributed by atoms with Gasteiger partial charge >= 0.3 is 6.03 Å². The number of rotatable bonds is 10. The van der Waals surface area contributed by atoms with Crippen LogP contribution in [0.25, 0.3) is 22.3 Å². The summed E-state index contributed by atoms with van der Waals surface area (Å²) in [4.78, 5) is 93.8. The number of carbonyl (C=O) groups is 5. The minimum Gasteiger partial charge on any atom is -0.371 e. The Balaban J connectivity index is 0.712. The molecule has 5 saturated heterocycles. The van der Waals surface area contributed by atoms with E-state index in [9.17, 15) is 19.2 Å². The minimum absolute atomic E-state index is 0.0637. The third kappa shape index (κ3) is 9.05. The van der Waals surface area contributed by atoms with Crippen molar-refractivity contribution in [2.75, 3.05) is 78.9 Å². The number of fused-ring (bicyclic) bond motifs is 3. The van der Waals surface area contributed by atoms with Crippen molar-refractivity contribution in [3.63, 3.8) is 0 Å². The Morgan fingerprint density at radius 3 is 2.13 bits per heavy atom. The molecule has 6 aliphatic heterocycles. The highest BCUT2D eigenvalue weighted by atomic mass is 19.1. The molecule has 2 aromatic carbocycles. The Bertz CT molecular complexity index is 3020. The summed E-state index contributed by atoms with van der Waals surface area (Å²) in [6, 6.07) is 17.9. The van der Waals surface area contributed by atoms with Crippen molar-refractivity contribution >= 4 is 69.3 Å². The molecular formula is C57H67FN12O5. The van der Waals surface area contributed by atoms with Gasteiger partial charge in [-0.15, -0.1) is 0 Å². The molecule has 1 spiro atoms. The lowest BCUT2D eigenvalue weighted by molar-refractivity contribution is -0.144. The molecule has 392 valence electrons. The number of likely N-dealkylation sites (tertiary alicyclic amines) is 3. The highest BCUT2D eigenvalue weighted by molar-refractivity contribution is 6.10. The van der Waals surface area contributed by atoms with E-state index in [1.165, 1.54) is 25.5 Å². The van der Waals surface area contributed by atoms with Crippen molar-refractivity contribution in [2.45, 2.75) is 114 Å². The highest BCUT2D eigenvalue weighted by Gasteiger charge is 2.56. The number of carbonyl (C=O) groups excluding carboxylic acids is 5. The van der Waals surface area contributed by atoms with Gasteiger partial charge in [-0.05, 0) is 139 Å². The summed E-state index contributed by atoms with van der Waals surface area (Å²) in [6.45, 7) is 10.3. The number of imidazole rings is 1. The van der Waals surface area contributed by atoms with Crippen molar-refractivity contribution in [3.05, 3.63) is 84.7 Å². The van der Waals surface area contributed by atoms with Crippen LogP contribution in [-0.4, -0.2) is 135 Å². The number of imide groups is 1. The number of halogens is 1. The number of aromatic nitrogens is 4. The molecule has 2 N–H and O–H groups in total. The molecule has 3 aromatic heterocycles. The van der Waals surface area contributed by atoms with Crippen molar-refractivity contribution in [3.8, 4) is 11.3 Å². The minimum atomic E-state index is -0.747. The molecule has 6 fully saturated rings. The summed E-state index contributed by atoms with van der Waals surface area (Å²) in [5.41, 5.74) is 6.23. The molecule has 1 aliphatic carbocycles. The summed E-state index contributed by atoms with van der Waals surface area (Å²) >= 11 is 0. The van der Waals surface area contributed by atoms with Crippen molar-refractivity contribution in [1.29, 1.82) is 0 Å². The molecule has 1 saturated carbocycles. The van der Waals surface area contributed by atoms with Crippen molar-refractivity contribution in [2.24, 2.45) is 11.8 Å². The average Bonchev–Trinajstić information content (AvgIpc) is 3.96. The van der Waals surface area contributed by atoms with Crippen LogP contribution in [0.15, 0.2) is 73.3 Å². The maximum atomic E-state index is 15.3. The van der Waals surface area contributed by atoms with Crippen molar-refractivity contribution < 1.29 is 28.4 Å². The van der Waals surface area contributed by atoms with Gasteiger partial charge in [0, 0.05) is 111 Å². The zero-order chi connectivity index (χ0) is 51.5.